The van der Waals surface area contributed by atoms with E-state index in [9.17, 15) is 19.7 Å². The minimum absolute atomic E-state index is 0.163. The Hall–Kier alpha value is -3.53. The monoisotopic (exact) mass is 401 g/mol. The van der Waals surface area contributed by atoms with Crippen molar-refractivity contribution in [3.63, 3.8) is 0 Å². The van der Waals surface area contributed by atoms with Gasteiger partial charge in [-0.05, 0) is 30.7 Å². The van der Waals surface area contributed by atoms with Gasteiger partial charge in [-0.15, -0.1) is 11.3 Å². The van der Waals surface area contributed by atoms with Crippen LogP contribution in [0.5, 0.6) is 0 Å². The van der Waals surface area contributed by atoms with Crippen LogP contribution in [0.1, 0.15) is 28.7 Å². The van der Waals surface area contributed by atoms with Gasteiger partial charge in [-0.1, -0.05) is 12.1 Å². The second kappa shape index (κ2) is 8.01. The first-order valence-electron chi connectivity index (χ1n) is 8.08. The Labute approximate surface area is 163 Å². The second-order valence-corrected chi connectivity index (χ2v) is 6.62. The number of nitrogens with zero attached hydrogens (tertiary/aromatic N) is 3. The van der Waals surface area contributed by atoms with Gasteiger partial charge in [0.15, 0.2) is 5.13 Å². The summed E-state index contributed by atoms with van der Waals surface area (Å²) in [6.45, 7) is 3.20. The SMILES string of the molecule is CC(=O)N(c1cccc(C)c1)c1nc(COC(=O)c2ccc([N+](=O)[O-])o2)cs1. The van der Waals surface area contributed by atoms with Gasteiger partial charge in [0, 0.05) is 12.3 Å². The van der Waals surface area contributed by atoms with Gasteiger partial charge in [0.1, 0.15) is 11.5 Å². The van der Waals surface area contributed by atoms with Gasteiger partial charge >= 0.3 is 11.9 Å². The van der Waals surface area contributed by atoms with Gasteiger partial charge in [-0.2, -0.15) is 0 Å². The number of rotatable bonds is 6. The first-order valence-corrected chi connectivity index (χ1v) is 8.96. The Morgan fingerprint density at radius 2 is 2.11 bits per heavy atom. The maximum Gasteiger partial charge on any atom is 0.433 e. The van der Waals surface area contributed by atoms with Crippen molar-refractivity contribution in [1.29, 1.82) is 0 Å². The van der Waals surface area contributed by atoms with Gasteiger partial charge in [0.2, 0.25) is 11.7 Å². The van der Waals surface area contributed by atoms with Crippen LogP contribution in [0.25, 0.3) is 0 Å². The number of anilines is 2. The van der Waals surface area contributed by atoms with E-state index >= 15 is 0 Å². The lowest BCUT2D eigenvalue weighted by Crippen LogP contribution is -2.22. The molecule has 0 spiro atoms. The molecular formula is C18H15N3O6S. The summed E-state index contributed by atoms with van der Waals surface area (Å²) in [5.41, 5.74) is 2.13. The molecule has 0 unspecified atom stereocenters. The number of ether oxygens (including phenoxy) is 1. The minimum atomic E-state index is -0.843. The van der Waals surface area contributed by atoms with E-state index in [1.807, 2.05) is 25.1 Å². The second-order valence-electron chi connectivity index (χ2n) is 5.79. The molecule has 0 saturated carbocycles. The van der Waals surface area contributed by atoms with Gasteiger partial charge in [0.05, 0.1) is 17.4 Å². The van der Waals surface area contributed by atoms with Gasteiger partial charge in [0.25, 0.3) is 0 Å². The lowest BCUT2D eigenvalue weighted by Gasteiger charge is -2.18. The number of amides is 1. The molecular weight excluding hydrogens is 386 g/mol. The van der Waals surface area contributed by atoms with E-state index in [0.717, 1.165) is 11.6 Å². The molecule has 0 bridgehead atoms. The Morgan fingerprint density at radius 1 is 1.32 bits per heavy atom. The van der Waals surface area contributed by atoms with Crippen molar-refractivity contribution in [2.45, 2.75) is 20.5 Å². The number of thiazole rings is 1. The van der Waals surface area contributed by atoms with Crippen LogP contribution in [0.15, 0.2) is 46.2 Å². The van der Waals surface area contributed by atoms with E-state index < -0.39 is 16.8 Å². The average Bonchev–Trinajstić information content (AvgIpc) is 3.29. The fourth-order valence-electron chi connectivity index (χ4n) is 2.41. The zero-order valence-electron chi connectivity index (χ0n) is 14.9. The molecule has 0 atom stereocenters. The largest absolute Gasteiger partial charge is 0.453 e. The van der Waals surface area contributed by atoms with Gasteiger partial charge < -0.3 is 9.15 Å². The summed E-state index contributed by atoms with van der Waals surface area (Å²) in [5.74, 6) is -1.86. The van der Waals surface area contributed by atoms with Crippen molar-refractivity contribution in [3.05, 3.63) is 68.9 Å². The lowest BCUT2D eigenvalue weighted by atomic mass is 10.2. The topological polar surface area (TPSA) is 116 Å². The van der Waals surface area contributed by atoms with Gasteiger partial charge in [-0.3, -0.25) is 19.8 Å². The standard InChI is InChI=1S/C18H15N3O6S/c1-11-4-3-5-14(8-11)20(12(2)22)18-19-13(10-28-18)9-26-17(23)15-6-7-16(27-15)21(24)25/h3-8,10H,9H2,1-2H3. The highest BCUT2D eigenvalue weighted by Gasteiger charge is 2.21. The van der Waals surface area contributed by atoms with E-state index in [2.05, 4.69) is 4.98 Å². The quantitative estimate of drug-likeness (QED) is 0.348. The third-order valence-corrected chi connectivity index (χ3v) is 4.50. The van der Waals surface area contributed by atoms with Gasteiger partial charge in [-0.25, -0.2) is 9.78 Å². The van der Waals surface area contributed by atoms with E-state index in [4.69, 9.17) is 9.15 Å². The molecule has 10 heteroatoms. The maximum atomic E-state index is 12.1. The predicted octanol–water partition coefficient (Wildman–Crippen LogP) is 3.99. The highest BCUT2D eigenvalue weighted by molar-refractivity contribution is 7.14. The Kier molecular flexibility index (Phi) is 5.50. The zero-order valence-corrected chi connectivity index (χ0v) is 15.8. The molecule has 3 aromatic rings. The molecule has 1 aromatic carbocycles. The van der Waals surface area contributed by atoms with E-state index in [1.165, 1.54) is 29.2 Å². The number of benzene rings is 1. The highest BCUT2D eigenvalue weighted by atomic mass is 32.1. The van der Waals surface area contributed by atoms with Crippen molar-refractivity contribution in [3.8, 4) is 0 Å². The molecule has 2 heterocycles. The molecule has 0 aliphatic rings. The molecule has 28 heavy (non-hydrogen) atoms. The molecule has 0 aliphatic heterocycles. The Morgan fingerprint density at radius 3 is 2.75 bits per heavy atom. The summed E-state index contributed by atoms with van der Waals surface area (Å²) >= 11 is 1.23. The summed E-state index contributed by atoms with van der Waals surface area (Å²) in [7, 11) is 0. The van der Waals surface area contributed by atoms with Crippen LogP contribution >= 0.6 is 11.3 Å². The normalized spacial score (nSPS) is 10.5. The molecule has 0 radical (unpaired) electrons. The predicted molar refractivity (Wildman–Crippen MR) is 101 cm³/mol. The van der Waals surface area contributed by atoms with Crippen LogP contribution in [-0.4, -0.2) is 21.8 Å². The molecule has 0 saturated heterocycles. The van der Waals surface area contributed by atoms with E-state index in [1.54, 1.807) is 11.4 Å². The van der Waals surface area contributed by atoms with Crippen LogP contribution in [0.3, 0.4) is 0 Å². The third kappa shape index (κ3) is 4.23. The molecule has 0 fully saturated rings. The molecule has 2 aromatic heterocycles. The first kappa shape index (κ1) is 19.2. The number of aryl methyl sites for hydroxylation is 1. The van der Waals surface area contributed by atoms with E-state index in [0.29, 0.717) is 16.5 Å². The summed E-state index contributed by atoms with van der Waals surface area (Å²) in [6, 6.07) is 9.69. The molecule has 0 N–H and O–H groups in total. The van der Waals surface area contributed by atoms with Crippen molar-refractivity contribution in [2.24, 2.45) is 0 Å². The fraction of sp³-hybridized carbons (Fsp3) is 0.167. The maximum absolute atomic E-state index is 12.1. The lowest BCUT2D eigenvalue weighted by molar-refractivity contribution is -0.402. The van der Waals surface area contributed by atoms with Crippen molar-refractivity contribution in [1.82, 2.24) is 4.98 Å². The molecule has 3 rings (SSSR count). The van der Waals surface area contributed by atoms with Crippen molar-refractivity contribution >= 4 is 39.9 Å². The fourth-order valence-corrected chi connectivity index (χ4v) is 3.28. The van der Waals surface area contributed by atoms with Crippen LogP contribution in [0.2, 0.25) is 0 Å². The summed E-state index contributed by atoms with van der Waals surface area (Å²) in [6.07, 6.45) is 0. The summed E-state index contributed by atoms with van der Waals surface area (Å²) in [4.78, 5) is 39.7. The summed E-state index contributed by atoms with van der Waals surface area (Å²) in [5, 5.41) is 12.7. The average molecular weight is 401 g/mol. The Bertz CT molecular complexity index is 1040. The Balaban J connectivity index is 1.71. The van der Waals surface area contributed by atoms with Crippen LogP contribution in [-0.2, 0) is 16.1 Å². The number of aromatic nitrogens is 1. The third-order valence-electron chi connectivity index (χ3n) is 3.63. The number of hydrogen-bond donors (Lipinski definition) is 0. The first-order chi connectivity index (χ1) is 13.3. The number of esters is 1. The highest BCUT2D eigenvalue weighted by Crippen LogP contribution is 2.29. The molecule has 9 nitrogen and oxygen atoms in total. The smallest absolute Gasteiger partial charge is 0.433 e. The van der Waals surface area contributed by atoms with Crippen molar-refractivity contribution in [2.75, 3.05) is 4.90 Å². The van der Waals surface area contributed by atoms with Crippen LogP contribution in [0, 0.1) is 17.0 Å². The van der Waals surface area contributed by atoms with E-state index in [-0.39, 0.29) is 18.3 Å². The zero-order chi connectivity index (χ0) is 20.3. The molecule has 0 aliphatic carbocycles. The summed E-state index contributed by atoms with van der Waals surface area (Å²) < 4.78 is 9.87. The number of furan rings is 1. The minimum Gasteiger partial charge on any atom is -0.453 e. The van der Waals surface area contributed by atoms with Crippen LogP contribution < -0.4 is 4.90 Å². The molecule has 1 amide bonds. The number of nitro groups is 1. The number of hydrogen-bond acceptors (Lipinski definition) is 8. The number of carbonyl (C=O) groups excluding carboxylic acids is 2. The molecule has 144 valence electrons. The van der Waals surface area contributed by atoms with Crippen molar-refractivity contribution < 1.29 is 23.7 Å². The van der Waals surface area contributed by atoms with Crippen LogP contribution in [0.4, 0.5) is 16.7 Å². The number of carbonyl (C=O) groups is 2.